The van der Waals surface area contributed by atoms with Crippen LogP contribution in [0.4, 0.5) is 5.95 Å². The smallest absolute Gasteiger partial charge is 0.306 e. The standard InChI is InChI=1S/C20H19N3O2/c24-19(25)15-8-11-23(12-9-15)20-21-10-7-18(22-20)17-6-5-14-3-1-2-4-16(14)13-17/h1-7,10,13,15H,8-9,11-12H2,(H,24,25). The number of benzene rings is 2. The third-order valence-corrected chi connectivity index (χ3v) is 4.82. The molecule has 2 heterocycles. The number of anilines is 1. The second-order valence-corrected chi connectivity index (χ2v) is 6.40. The summed E-state index contributed by atoms with van der Waals surface area (Å²) in [5, 5.41) is 11.5. The third-order valence-electron chi connectivity index (χ3n) is 4.82. The van der Waals surface area contributed by atoms with Crippen molar-refractivity contribution in [2.45, 2.75) is 12.8 Å². The van der Waals surface area contributed by atoms with Gasteiger partial charge in [0.1, 0.15) is 0 Å². The Kier molecular flexibility index (Phi) is 4.06. The molecule has 1 N–H and O–H groups in total. The van der Waals surface area contributed by atoms with E-state index in [1.54, 1.807) is 6.20 Å². The highest BCUT2D eigenvalue weighted by Gasteiger charge is 2.25. The molecular formula is C20H19N3O2. The summed E-state index contributed by atoms with van der Waals surface area (Å²) >= 11 is 0. The van der Waals surface area contributed by atoms with Crippen LogP contribution in [0.1, 0.15) is 12.8 Å². The van der Waals surface area contributed by atoms with E-state index in [0.29, 0.717) is 31.9 Å². The molecule has 3 aromatic rings. The fourth-order valence-electron chi connectivity index (χ4n) is 3.34. The van der Waals surface area contributed by atoms with Gasteiger partial charge in [-0.1, -0.05) is 36.4 Å². The summed E-state index contributed by atoms with van der Waals surface area (Å²) in [4.78, 5) is 22.3. The maximum atomic E-state index is 11.1. The van der Waals surface area contributed by atoms with Gasteiger partial charge in [-0.15, -0.1) is 0 Å². The lowest BCUT2D eigenvalue weighted by Crippen LogP contribution is -2.37. The van der Waals surface area contributed by atoms with E-state index in [-0.39, 0.29) is 5.92 Å². The number of fused-ring (bicyclic) bond motifs is 1. The molecule has 4 rings (SSSR count). The molecule has 0 radical (unpaired) electrons. The first-order valence-electron chi connectivity index (χ1n) is 8.51. The lowest BCUT2D eigenvalue weighted by Gasteiger charge is -2.30. The van der Waals surface area contributed by atoms with Crippen LogP contribution in [0.2, 0.25) is 0 Å². The van der Waals surface area contributed by atoms with Crippen molar-refractivity contribution < 1.29 is 9.90 Å². The summed E-state index contributed by atoms with van der Waals surface area (Å²) in [5.41, 5.74) is 1.94. The van der Waals surface area contributed by atoms with Crippen LogP contribution in [0.3, 0.4) is 0 Å². The Labute approximate surface area is 146 Å². The molecule has 25 heavy (non-hydrogen) atoms. The molecule has 126 valence electrons. The lowest BCUT2D eigenvalue weighted by molar-refractivity contribution is -0.142. The number of carboxylic acid groups (broad SMARTS) is 1. The minimum Gasteiger partial charge on any atom is -0.481 e. The molecule has 2 aromatic carbocycles. The summed E-state index contributed by atoms with van der Waals surface area (Å²) in [6, 6.07) is 16.5. The summed E-state index contributed by atoms with van der Waals surface area (Å²) in [6.07, 6.45) is 3.05. The molecule has 1 saturated heterocycles. The van der Waals surface area contributed by atoms with Gasteiger partial charge in [0, 0.05) is 24.8 Å². The maximum absolute atomic E-state index is 11.1. The zero-order valence-corrected chi connectivity index (χ0v) is 13.8. The van der Waals surface area contributed by atoms with Crippen LogP contribution in [0.15, 0.2) is 54.7 Å². The number of aliphatic carboxylic acids is 1. The van der Waals surface area contributed by atoms with Gasteiger partial charge in [-0.25, -0.2) is 9.97 Å². The third kappa shape index (κ3) is 3.18. The number of piperidine rings is 1. The first-order chi connectivity index (χ1) is 12.2. The highest BCUT2D eigenvalue weighted by atomic mass is 16.4. The van der Waals surface area contributed by atoms with E-state index in [1.807, 2.05) is 18.2 Å². The number of aromatic nitrogens is 2. The van der Waals surface area contributed by atoms with Crippen molar-refractivity contribution in [2.24, 2.45) is 5.92 Å². The van der Waals surface area contributed by atoms with Crippen molar-refractivity contribution in [1.82, 2.24) is 9.97 Å². The molecule has 0 bridgehead atoms. The highest BCUT2D eigenvalue weighted by molar-refractivity contribution is 5.86. The first-order valence-corrected chi connectivity index (χ1v) is 8.51. The Morgan fingerprint density at radius 1 is 1.04 bits per heavy atom. The molecule has 5 heteroatoms. The van der Waals surface area contributed by atoms with Gasteiger partial charge in [0.25, 0.3) is 0 Å². The molecule has 0 amide bonds. The largest absolute Gasteiger partial charge is 0.481 e. The average molecular weight is 333 g/mol. The van der Waals surface area contributed by atoms with Crippen molar-refractivity contribution in [2.75, 3.05) is 18.0 Å². The monoisotopic (exact) mass is 333 g/mol. The molecule has 0 aliphatic carbocycles. The molecule has 0 atom stereocenters. The van der Waals surface area contributed by atoms with E-state index in [0.717, 1.165) is 11.3 Å². The quantitative estimate of drug-likeness (QED) is 0.793. The minimum absolute atomic E-state index is 0.250. The zero-order chi connectivity index (χ0) is 17.2. The second-order valence-electron chi connectivity index (χ2n) is 6.40. The zero-order valence-electron chi connectivity index (χ0n) is 13.8. The lowest BCUT2D eigenvalue weighted by atomic mass is 9.97. The van der Waals surface area contributed by atoms with Crippen molar-refractivity contribution in [3.05, 3.63) is 54.7 Å². The average Bonchev–Trinajstić information content (AvgIpc) is 2.68. The van der Waals surface area contributed by atoms with E-state index >= 15 is 0 Å². The molecule has 1 fully saturated rings. The van der Waals surface area contributed by atoms with Crippen molar-refractivity contribution >= 4 is 22.7 Å². The second kappa shape index (κ2) is 6.51. The van der Waals surface area contributed by atoms with Crippen molar-refractivity contribution in [3.63, 3.8) is 0 Å². The molecule has 1 aromatic heterocycles. The Balaban J connectivity index is 1.59. The van der Waals surface area contributed by atoms with Crippen LogP contribution in [0.25, 0.3) is 22.0 Å². The van der Waals surface area contributed by atoms with Crippen molar-refractivity contribution in [1.29, 1.82) is 0 Å². The number of carboxylic acids is 1. The van der Waals surface area contributed by atoms with E-state index in [9.17, 15) is 4.79 Å². The maximum Gasteiger partial charge on any atom is 0.306 e. The molecule has 0 spiro atoms. The summed E-state index contributed by atoms with van der Waals surface area (Å²) in [6.45, 7) is 1.36. The fraction of sp³-hybridized carbons (Fsp3) is 0.250. The first kappa shape index (κ1) is 15.6. The summed E-state index contributed by atoms with van der Waals surface area (Å²) < 4.78 is 0. The fourth-order valence-corrected chi connectivity index (χ4v) is 3.34. The molecule has 1 aliphatic heterocycles. The molecular weight excluding hydrogens is 314 g/mol. The number of nitrogens with zero attached hydrogens (tertiary/aromatic N) is 3. The van der Waals surface area contributed by atoms with E-state index in [4.69, 9.17) is 10.1 Å². The van der Waals surface area contributed by atoms with Gasteiger partial charge in [-0.3, -0.25) is 4.79 Å². The predicted octanol–water partition coefficient (Wildman–Crippen LogP) is 3.60. The Morgan fingerprint density at radius 2 is 1.80 bits per heavy atom. The minimum atomic E-state index is -0.703. The van der Waals surface area contributed by atoms with Crippen LogP contribution in [-0.2, 0) is 4.79 Å². The molecule has 0 saturated carbocycles. The molecule has 5 nitrogen and oxygen atoms in total. The van der Waals surface area contributed by atoms with Gasteiger partial charge >= 0.3 is 5.97 Å². The van der Waals surface area contributed by atoms with E-state index < -0.39 is 5.97 Å². The number of hydrogen-bond acceptors (Lipinski definition) is 4. The Bertz CT molecular complexity index is 917. The summed E-state index contributed by atoms with van der Waals surface area (Å²) in [5.74, 6) is -0.278. The molecule has 1 aliphatic rings. The Hall–Kier alpha value is -2.95. The topological polar surface area (TPSA) is 66.3 Å². The van der Waals surface area contributed by atoms with Gasteiger partial charge in [-0.2, -0.15) is 0 Å². The van der Waals surface area contributed by atoms with E-state index in [1.165, 1.54) is 10.8 Å². The van der Waals surface area contributed by atoms with Gasteiger partial charge in [0.2, 0.25) is 5.95 Å². The van der Waals surface area contributed by atoms with E-state index in [2.05, 4.69) is 40.2 Å². The van der Waals surface area contributed by atoms with Crippen LogP contribution >= 0.6 is 0 Å². The van der Waals surface area contributed by atoms with Gasteiger partial charge in [0.05, 0.1) is 11.6 Å². The van der Waals surface area contributed by atoms with Crippen LogP contribution in [-0.4, -0.2) is 34.1 Å². The number of carbonyl (C=O) groups is 1. The summed E-state index contributed by atoms with van der Waals surface area (Å²) in [7, 11) is 0. The van der Waals surface area contributed by atoms with Crippen LogP contribution < -0.4 is 4.90 Å². The normalized spacial score (nSPS) is 15.4. The Morgan fingerprint density at radius 3 is 2.56 bits per heavy atom. The number of rotatable bonds is 3. The molecule has 0 unspecified atom stereocenters. The van der Waals surface area contributed by atoms with Gasteiger partial charge < -0.3 is 10.0 Å². The SMILES string of the molecule is O=C(O)C1CCN(c2nccc(-c3ccc4ccccc4c3)n2)CC1. The highest BCUT2D eigenvalue weighted by Crippen LogP contribution is 2.26. The van der Waals surface area contributed by atoms with Gasteiger partial charge in [-0.05, 0) is 35.7 Å². The van der Waals surface area contributed by atoms with Crippen LogP contribution in [0.5, 0.6) is 0 Å². The number of hydrogen-bond donors (Lipinski definition) is 1. The predicted molar refractivity (Wildman–Crippen MR) is 97.5 cm³/mol. The van der Waals surface area contributed by atoms with Crippen LogP contribution in [0, 0.1) is 5.92 Å². The van der Waals surface area contributed by atoms with Gasteiger partial charge in [0.15, 0.2) is 0 Å². The van der Waals surface area contributed by atoms with Crippen molar-refractivity contribution in [3.8, 4) is 11.3 Å².